The largest absolute Gasteiger partial charge is 0.489 e. The van der Waals surface area contributed by atoms with E-state index in [4.69, 9.17) is 4.74 Å². The van der Waals surface area contributed by atoms with Crippen LogP contribution in [0.5, 0.6) is 5.75 Å². The van der Waals surface area contributed by atoms with Gasteiger partial charge in [0.05, 0.1) is 13.3 Å². The highest BCUT2D eigenvalue weighted by molar-refractivity contribution is 5.93. The van der Waals surface area contributed by atoms with Gasteiger partial charge < -0.3 is 14.5 Å². The Balaban J connectivity index is 1.42. The van der Waals surface area contributed by atoms with Crippen LogP contribution in [-0.2, 0) is 6.61 Å². The lowest BCUT2D eigenvalue weighted by Crippen LogP contribution is -2.43. The second-order valence-electron chi connectivity index (χ2n) is 5.81. The molecule has 0 saturated carbocycles. The molecule has 1 amide bonds. The average molecular weight is 350 g/mol. The van der Waals surface area contributed by atoms with E-state index >= 15 is 0 Å². The number of benzene rings is 2. The number of hydrogen-bond acceptors (Lipinski definition) is 5. The number of carbonyl (C=O) groups excluding carboxylic acids is 1. The van der Waals surface area contributed by atoms with E-state index in [0.717, 1.165) is 11.3 Å². The summed E-state index contributed by atoms with van der Waals surface area (Å²) in [6.45, 7) is 5.42. The lowest BCUT2D eigenvalue weighted by molar-refractivity contribution is 0.0922. The van der Waals surface area contributed by atoms with E-state index < -0.39 is 0 Å². The predicted molar refractivity (Wildman–Crippen MR) is 101 cm³/mol. The van der Waals surface area contributed by atoms with Crippen LogP contribution in [0.2, 0.25) is 0 Å². The van der Waals surface area contributed by atoms with Crippen molar-refractivity contribution in [3.8, 4) is 5.75 Å². The minimum absolute atomic E-state index is 0.191. The molecular weight excluding hydrogens is 328 g/mol. The van der Waals surface area contributed by atoms with Gasteiger partial charge in [0.1, 0.15) is 12.4 Å². The van der Waals surface area contributed by atoms with E-state index in [1.807, 2.05) is 52.5 Å². The van der Waals surface area contributed by atoms with Crippen LogP contribution in [0.3, 0.4) is 0 Å². The van der Waals surface area contributed by atoms with Crippen LogP contribution in [0.25, 0.3) is 0 Å². The monoisotopic (exact) mass is 350 g/mol. The molecule has 0 radical (unpaired) electrons. The standard InChI is InChI=1S/C20H22N4O2/c1-2-23-12-13-24(16-23)15-21-22-20(25)18-8-10-19(11-9-18)26-14-17-6-4-3-5-7-17/h2-13,21H,1,14-16H2,(H,22,25). The molecule has 1 aliphatic rings. The Hall–Kier alpha value is -3.25. The summed E-state index contributed by atoms with van der Waals surface area (Å²) < 4.78 is 5.72. The van der Waals surface area contributed by atoms with E-state index in [0.29, 0.717) is 25.5 Å². The Morgan fingerprint density at radius 3 is 2.58 bits per heavy atom. The van der Waals surface area contributed by atoms with Crippen molar-refractivity contribution in [2.75, 3.05) is 13.3 Å². The fourth-order valence-corrected chi connectivity index (χ4v) is 2.44. The molecule has 1 heterocycles. The molecule has 2 aromatic carbocycles. The molecule has 26 heavy (non-hydrogen) atoms. The van der Waals surface area contributed by atoms with Crippen molar-refractivity contribution in [2.24, 2.45) is 0 Å². The zero-order valence-corrected chi connectivity index (χ0v) is 14.5. The van der Waals surface area contributed by atoms with Gasteiger partial charge in [-0.25, -0.2) is 5.43 Å². The van der Waals surface area contributed by atoms with Gasteiger partial charge in [-0.3, -0.25) is 10.2 Å². The van der Waals surface area contributed by atoms with Crippen LogP contribution in [0, 0.1) is 0 Å². The van der Waals surface area contributed by atoms with Crippen molar-refractivity contribution >= 4 is 5.91 Å². The highest BCUT2D eigenvalue weighted by atomic mass is 16.5. The Morgan fingerprint density at radius 1 is 1.12 bits per heavy atom. The average Bonchev–Trinajstić information content (AvgIpc) is 3.15. The normalized spacial score (nSPS) is 12.9. The first-order valence-corrected chi connectivity index (χ1v) is 8.35. The number of amides is 1. The second kappa shape index (κ2) is 8.73. The molecule has 6 nitrogen and oxygen atoms in total. The number of ether oxygens (including phenoxy) is 1. The van der Waals surface area contributed by atoms with E-state index in [2.05, 4.69) is 17.4 Å². The first-order valence-electron chi connectivity index (χ1n) is 8.35. The van der Waals surface area contributed by atoms with E-state index in [9.17, 15) is 4.79 Å². The lowest BCUT2D eigenvalue weighted by atomic mass is 10.2. The van der Waals surface area contributed by atoms with Crippen LogP contribution >= 0.6 is 0 Å². The Labute approximate surface area is 153 Å². The molecule has 1 aliphatic heterocycles. The van der Waals surface area contributed by atoms with Gasteiger partial charge in [0.25, 0.3) is 5.91 Å². The Morgan fingerprint density at radius 2 is 1.88 bits per heavy atom. The van der Waals surface area contributed by atoms with E-state index in [-0.39, 0.29) is 5.91 Å². The fraction of sp³-hybridized carbons (Fsp3) is 0.150. The Kier molecular flexibility index (Phi) is 5.90. The molecule has 0 fully saturated rings. The number of hydrazine groups is 1. The van der Waals surface area contributed by atoms with Crippen molar-refractivity contribution in [3.05, 3.63) is 90.9 Å². The van der Waals surface area contributed by atoms with Gasteiger partial charge in [0.15, 0.2) is 0 Å². The molecule has 2 N–H and O–H groups in total. The summed E-state index contributed by atoms with van der Waals surface area (Å²) in [4.78, 5) is 16.1. The number of nitrogens with one attached hydrogen (secondary N) is 2. The summed E-state index contributed by atoms with van der Waals surface area (Å²) in [6, 6.07) is 17.0. The van der Waals surface area contributed by atoms with Crippen molar-refractivity contribution in [3.63, 3.8) is 0 Å². The topological polar surface area (TPSA) is 56.8 Å². The van der Waals surface area contributed by atoms with Gasteiger partial charge in [0.2, 0.25) is 0 Å². The number of hydrogen-bond donors (Lipinski definition) is 2. The van der Waals surface area contributed by atoms with Gasteiger partial charge in [-0.1, -0.05) is 36.9 Å². The third-order valence-corrected chi connectivity index (χ3v) is 3.90. The summed E-state index contributed by atoms with van der Waals surface area (Å²) in [5.74, 6) is 0.536. The van der Waals surface area contributed by atoms with Crippen molar-refractivity contribution in [1.29, 1.82) is 0 Å². The van der Waals surface area contributed by atoms with E-state index in [1.165, 1.54) is 0 Å². The van der Waals surface area contributed by atoms with Crippen molar-refractivity contribution in [2.45, 2.75) is 6.61 Å². The number of rotatable bonds is 8. The van der Waals surface area contributed by atoms with Gasteiger partial charge in [-0.2, -0.15) is 0 Å². The van der Waals surface area contributed by atoms with Gasteiger partial charge in [-0.15, -0.1) is 0 Å². The van der Waals surface area contributed by atoms with Gasteiger partial charge >= 0.3 is 0 Å². The minimum atomic E-state index is -0.191. The highest BCUT2D eigenvalue weighted by Gasteiger charge is 2.10. The Bertz CT molecular complexity index is 759. The molecule has 0 aliphatic carbocycles. The first-order chi connectivity index (χ1) is 12.7. The van der Waals surface area contributed by atoms with Crippen LogP contribution in [0.4, 0.5) is 0 Å². The lowest BCUT2D eigenvalue weighted by Gasteiger charge is -2.19. The summed E-state index contributed by atoms with van der Waals surface area (Å²) in [6.07, 6.45) is 5.60. The molecule has 134 valence electrons. The molecule has 0 bridgehead atoms. The zero-order chi connectivity index (χ0) is 18.2. The van der Waals surface area contributed by atoms with Crippen LogP contribution in [0.1, 0.15) is 15.9 Å². The SMILES string of the molecule is C=CN1C=CN(CNNC(=O)c2ccc(OCc3ccccc3)cc2)C1. The molecule has 2 aromatic rings. The summed E-state index contributed by atoms with van der Waals surface area (Å²) in [5, 5.41) is 0. The second-order valence-corrected chi connectivity index (χ2v) is 5.81. The predicted octanol–water partition coefficient (Wildman–Crippen LogP) is 2.65. The van der Waals surface area contributed by atoms with Gasteiger partial charge in [-0.05, 0) is 36.0 Å². The van der Waals surface area contributed by atoms with Crippen molar-refractivity contribution < 1.29 is 9.53 Å². The molecule has 0 unspecified atom stereocenters. The highest BCUT2D eigenvalue weighted by Crippen LogP contribution is 2.14. The quantitative estimate of drug-likeness (QED) is 0.717. The van der Waals surface area contributed by atoms with Crippen LogP contribution < -0.4 is 15.6 Å². The van der Waals surface area contributed by atoms with Crippen molar-refractivity contribution in [1.82, 2.24) is 20.7 Å². The van der Waals surface area contributed by atoms with Crippen LogP contribution in [-0.4, -0.2) is 29.0 Å². The smallest absolute Gasteiger partial charge is 0.265 e. The van der Waals surface area contributed by atoms with Crippen LogP contribution in [0.15, 0.2) is 79.8 Å². The molecule has 0 spiro atoms. The molecule has 3 rings (SSSR count). The summed E-state index contributed by atoms with van der Waals surface area (Å²) in [7, 11) is 0. The van der Waals surface area contributed by atoms with E-state index in [1.54, 1.807) is 30.5 Å². The molecule has 0 saturated heterocycles. The van der Waals surface area contributed by atoms with Gasteiger partial charge in [0, 0.05) is 18.0 Å². The first kappa shape index (κ1) is 17.6. The third kappa shape index (κ3) is 4.87. The third-order valence-electron chi connectivity index (χ3n) is 3.90. The molecular formula is C20H22N4O2. The molecule has 0 aromatic heterocycles. The fourth-order valence-electron chi connectivity index (χ4n) is 2.44. The number of carbonyl (C=O) groups is 1. The maximum absolute atomic E-state index is 12.2. The number of nitrogens with zero attached hydrogens (tertiary/aromatic N) is 2. The maximum atomic E-state index is 12.2. The summed E-state index contributed by atoms with van der Waals surface area (Å²) in [5.41, 5.74) is 7.27. The molecule has 6 heteroatoms. The maximum Gasteiger partial charge on any atom is 0.265 e. The zero-order valence-electron chi connectivity index (χ0n) is 14.5. The molecule has 0 atom stereocenters. The summed E-state index contributed by atoms with van der Waals surface area (Å²) >= 11 is 0. The minimum Gasteiger partial charge on any atom is -0.489 e.